The molecule has 1 aliphatic rings. The fourth-order valence-corrected chi connectivity index (χ4v) is 5.16. The van der Waals surface area contributed by atoms with E-state index in [2.05, 4.69) is 10.0 Å². The number of anilines is 2. The van der Waals surface area contributed by atoms with E-state index in [0.717, 1.165) is 23.2 Å². The highest BCUT2D eigenvalue weighted by atomic mass is 32.2. The molecule has 0 aliphatic carbocycles. The normalized spacial score (nSPS) is 14.3. The van der Waals surface area contributed by atoms with Gasteiger partial charge in [-0.2, -0.15) is 4.72 Å². The van der Waals surface area contributed by atoms with Crippen molar-refractivity contribution < 1.29 is 18.0 Å². The van der Waals surface area contributed by atoms with Crippen LogP contribution in [-0.4, -0.2) is 32.8 Å². The van der Waals surface area contributed by atoms with Gasteiger partial charge >= 0.3 is 0 Å². The fourth-order valence-electron chi connectivity index (χ4n) is 3.91. The van der Waals surface area contributed by atoms with Gasteiger partial charge in [0.25, 0.3) is 0 Å². The Balaban J connectivity index is 1.81. The average Bonchev–Trinajstić information content (AvgIpc) is 3.16. The van der Waals surface area contributed by atoms with Crippen LogP contribution in [-0.2, 0) is 32.5 Å². The SMILES string of the molecule is CCc1cccc(NC(=O)[C@H](CC(C)C)NS(=O)(=O)c2ccc3c(c2)CCN3C(C)=O)c1. The number of benzene rings is 2. The van der Waals surface area contributed by atoms with Crippen LogP contribution in [0.5, 0.6) is 0 Å². The zero-order valence-corrected chi connectivity index (χ0v) is 19.8. The van der Waals surface area contributed by atoms with Crippen LogP contribution in [0.4, 0.5) is 11.4 Å². The summed E-state index contributed by atoms with van der Waals surface area (Å²) < 4.78 is 28.8. The van der Waals surface area contributed by atoms with Crippen molar-refractivity contribution in [3.05, 3.63) is 53.6 Å². The summed E-state index contributed by atoms with van der Waals surface area (Å²) >= 11 is 0. The molecule has 0 unspecified atom stereocenters. The lowest BCUT2D eigenvalue weighted by atomic mass is 10.0. The molecule has 0 bridgehead atoms. The Morgan fingerprint density at radius 2 is 1.88 bits per heavy atom. The summed E-state index contributed by atoms with van der Waals surface area (Å²) in [5.41, 5.74) is 3.28. The average molecular weight is 458 g/mol. The van der Waals surface area contributed by atoms with E-state index in [9.17, 15) is 18.0 Å². The zero-order chi connectivity index (χ0) is 23.5. The van der Waals surface area contributed by atoms with E-state index in [1.807, 2.05) is 39.0 Å². The Kier molecular flexibility index (Phi) is 7.36. The summed E-state index contributed by atoms with van der Waals surface area (Å²) in [6.45, 7) is 7.95. The molecule has 3 rings (SSSR count). The predicted octanol–water partition coefficient (Wildman–Crippen LogP) is 3.49. The molecule has 8 heteroatoms. The molecule has 0 aromatic heterocycles. The fraction of sp³-hybridized carbons (Fsp3) is 0.417. The summed E-state index contributed by atoms with van der Waals surface area (Å²) in [7, 11) is -3.93. The Morgan fingerprint density at radius 1 is 1.12 bits per heavy atom. The third kappa shape index (κ3) is 5.55. The second kappa shape index (κ2) is 9.83. The van der Waals surface area contributed by atoms with Crippen molar-refractivity contribution in [2.45, 2.75) is 57.9 Å². The van der Waals surface area contributed by atoms with Gasteiger partial charge in [0.1, 0.15) is 6.04 Å². The lowest BCUT2D eigenvalue weighted by molar-refractivity contribution is -0.118. The number of sulfonamides is 1. The molecule has 1 aliphatic heterocycles. The lowest BCUT2D eigenvalue weighted by Gasteiger charge is -2.21. The van der Waals surface area contributed by atoms with Crippen molar-refractivity contribution in [2.24, 2.45) is 5.92 Å². The van der Waals surface area contributed by atoms with Gasteiger partial charge in [0.15, 0.2) is 0 Å². The number of nitrogens with one attached hydrogen (secondary N) is 2. The van der Waals surface area contributed by atoms with E-state index in [1.165, 1.54) is 13.0 Å². The molecule has 2 aromatic carbocycles. The zero-order valence-electron chi connectivity index (χ0n) is 19.0. The van der Waals surface area contributed by atoms with E-state index in [4.69, 9.17) is 0 Å². The lowest BCUT2D eigenvalue weighted by Crippen LogP contribution is -2.44. The largest absolute Gasteiger partial charge is 0.325 e. The molecule has 0 saturated heterocycles. The molecule has 1 heterocycles. The topological polar surface area (TPSA) is 95.6 Å². The molecule has 2 aromatic rings. The Bertz CT molecular complexity index is 1110. The maximum absolute atomic E-state index is 13.1. The molecular weight excluding hydrogens is 426 g/mol. The van der Waals surface area contributed by atoms with Crippen LogP contribution in [0.1, 0.15) is 45.2 Å². The third-order valence-corrected chi connectivity index (χ3v) is 7.03. The summed E-state index contributed by atoms with van der Waals surface area (Å²) in [6, 6.07) is 11.3. The van der Waals surface area contributed by atoms with Gasteiger partial charge in [-0.3, -0.25) is 9.59 Å². The highest BCUT2D eigenvalue weighted by Crippen LogP contribution is 2.30. The minimum Gasteiger partial charge on any atom is -0.325 e. The molecule has 0 fully saturated rings. The van der Waals surface area contributed by atoms with Gasteiger partial charge in [-0.25, -0.2) is 8.42 Å². The van der Waals surface area contributed by atoms with E-state index in [-0.39, 0.29) is 22.6 Å². The van der Waals surface area contributed by atoms with Crippen molar-refractivity contribution >= 4 is 33.2 Å². The van der Waals surface area contributed by atoms with E-state index >= 15 is 0 Å². The number of carbonyl (C=O) groups excluding carboxylic acids is 2. The summed E-state index contributed by atoms with van der Waals surface area (Å²) in [6.07, 6.45) is 1.80. The van der Waals surface area contributed by atoms with Crippen LogP contribution in [0.3, 0.4) is 0 Å². The predicted molar refractivity (Wildman–Crippen MR) is 126 cm³/mol. The van der Waals surface area contributed by atoms with E-state index in [1.54, 1.807) is 23.1 Å². The molecule has 2 amide bonds. The highest BCUT2D eigenvalue weighted by molar-refractivity contribution is 7.89. The van der Waals surface area contributed by atoms with Crippen molar-refractivity contribution in [1.82, 2.24) is 4.72 Å². The Hall–Kier alpha value is -2.71. The van der Waals surface area contributed by atoms with Gasteiger partial charge < -0.3 is 10.2 Å². The number of aryl methyl sites for hydroxylation is 1. The number of rotatable bonds is 8. The van der Waals surface area contributed by atoms with Gasteiger partial charge in [0.2, 0.25) is 21.8 Å². The number of nitrogens with zero attached hydrogens (tertiary/aromatic N) is 1. The standard InChI is InChI=1S/C24H31N3O4S/c1-5-18-7-6-8-20(14-18)25-24(29)22(13-16(2)3)26-32(30,31)21-9-10-23-19(15-21)11-12-27(23)17(4)28/h6-10,14-16,22,26H,5,11-13H2,1-4H3,(H,25,29)/t22-/m0/s1. The van der Waals surface area contributed by atoms with Gasteiger partial charge in [-0.1, -0.05) is 32.9 Å². The Labute approximate surface area is 190 Å². The van der Waals surface area contributed by atoms with Crippen LogP contribution in [0.25, 0.3) is 0 Å². The molecule has 7 nitrogen and oxygen atoms in total. The van der Waals surface area contributed by atoms with Crippen LogP contribution in [0, 0.1) is 5.92 Å². The summed E-state index contributed by atoms with van der Waals surface area (Å²) in [4.78, 5) is 26.5. The molecule has 2 N–H and O–H groups in total. The van der Waals surface area contributed by atoms with Crippen LogP contribution < -0.4 is 14.9 Å². The quantitative estimate of drug-likeness (QED) is 0.634. The van der Waals surface area contributed by atoms with Crippen molar-refractivity contribution in [2.75, 3.05) is 16.8 Å². The Morgan fingerprint density at radius 3 is 2.53 bits per heavy atom. The maximum Gasteiger partial charge on any atom is 0.242 e. The third-order valence-electron chi connectivity index (χ3n) is 5.56. The van der Waals surface area contributed by atoms with Crippen LogP contribution >= 0.6 is 0 Å². The first kappa shape index (κ1) is 23.9. The van der Waals surface area contributed by atoms with Crippen LogP contribution in [0.15, 0.2) is 47.4 Å². The second-order valence-corrected chi connectivity index (χ2v) is 10.3. The summed E-state index contributed by atoms with van der Waals surface area (Å²) in [5, 5.41) is 2.85. The van der Waals surface area contributed by atoms with Crippen molar-refractivity contribution in [3.8, 4) is 0 Å². The first-order valence-electron chi connectivity index (χ1n) is 10.9. The molecule has 0 spiro atoms. The molecular formula is C24H31N3O4S. The number of carbonyl (C=O) groups is 2. The minimum atomic E-state index is -3.93. The van der Waals surface area contributed by atoms with Gasteiger partial charge in [-0.15, -0.1) is 0 Å². The van der Waals surface area contributed by atoms with Gasteiger partial charge in [0.05, 0.1) is 4.90 Å². The molecule has 0 radical (unpaired) electrons. The van der Waals surface area contributed by atoms with Gasteiger partial charge in [-0.05, 0) is 66.6 Å². The monoisotopic (exact) mass is 457 g/mol. The maximum atomic E-state index is 13.1. The smallest absolute Gasteiger partial charge is 0.242 e. The van der Waals surface area contributed by atoms with E-state index in [0.29, 0.717) is 25.1 Å². The minimum absolute atomic E-state index is 0.0710. The number of hydrogen-bond acceptors (Lipinski definition) is 4. The first-order chi connectivity index (χ1) is 15.1. The van der Waals surface area contributed by atoms with Crippen molar-refractivity contribution in [1.29, 1.82) is 0 Å². The van der Waals surface area contributed by atoms with Crippen molar-refractivity contribution in [3.63, 3.8) is 0 Å². The first-order valence-corrected chi connectivity index (χ1v) is 12.4. The molecule has 1 atom stereocenters. The number of fused-ring (bicyclic) bond motifs is 1. The molecule has 32 heavy (non-hydrogen) atoms. The summed E-state index contributed by atoms with van der Waals surface area (Å²) in [5.74, 6) is -0.350. The highest BCUT2D eigenvalue weighted by Gasteiger charge is 2.29. The molecule has 172 valence electrons. The number of hydrogen-bond donors (Lipinski definition) is 2. The van der Waals surface area contributed by atoms with Gasteiger partial charge in [0, 0.05) is 24.8 Å². The van der Waals surface area contributed by atoms with E-state index < -0.39 is 16.1 Å². The second-order valence-electron chi connectivity index (χ2n) is 8.56. The van der Waals surface area contributed by atoms with Crippen LogP contribution in [0.2, 0.25) is 0 Å². The number of amides is 2. The molecule has 0 saturated carbocycles.